The molecule has 0 aliphatic carbocycles. The topological polar surface area (TPSA) is 152 Å². The summed E-state index contributed by atoms with van der Waals surface area (Å²) in [6.45, 7) is 0. The normalized spacial score (nSPS) is 13.7. The highest BCUT2D eigenvalue weighted by Gasteiger charge is 2.61. The monoisotopic (exact) mass is 299 g/mol. The summed E-state index contributed by atoms with van der Waals surface area (Å²) in [5, 5.41) is 6.20. The lowest BCUT2D eigenvalue weighted by Crippen LogP contribution is -2.41. The van der Waals surface area contributed by atoms with Crippen LogP contribution in [0.1, 0.15) is 5.82 Å². The van der Waals surface area contributed by atoms with Crippen molar-refractivity contribution in [3.05, 3.63) is 24.3 Å². The number of aliphatic hydroxyl groups is 1. The predicted molar refractivity (Wildman–Crippen MR) is 58.2 cm³/mol. The number of aromatic nitrogens is 2. The van der Waals surface area contributed by atoms with E-state index in [1.54, 1.807) is 0 Å². The summed E-state index contributed by atoms with van der Waals surface area (Å²) in [6.07, 6.45) is 1.76. The fraction of sp³-hybridized carbons (Fsp3) is 0.429. The van der Waals surface area contributed by atoms with E-state index < -0.39 is 26.7 Å². The van der Waals surface area contributed by atoms with E-state index in [0.29, 0.717) is 0 Å². The molecule has 0 fully saturated rings. The molecule has 9 nitrogen and oxygen atoms in total. The van der Waals surface area contributed by atoms with Gasteiger partial charge in [-0.3, -0.25) is 9.13 Å². The van der Waals surface area contributed by atoms with Gasteiger partial charge in [-0.2, -0.15) is 0 Å². The molecule has 102 valence electrons. The van der Waals surface area contributed by atoms with Crippen LogP contribution in [0.4, 0.5) is 0 Å². The van der Waals surface area contributed by atoms with Crippen LogP contribution in [-0.2, 0) is 22.6 Å². The Labute approximate surface area is 102 Å². The molecule has 18 heavy (non-hydrogen) atoms. The van der Waals surface area contributed by atoms with Crippen LogP contribution in [0.25, 0.3) is 0 Å². The third-order valence-corrected chi connectivity index (χ3v) is 6.10. The maximum absolute atomic E-state index is 11.1. The lowest BCUT2D eigenvalue weighted by molar-refractivity contribution is -0.682. The van der Waals surface area contributed by atoms with Crippen LogP contribution in [0.3, 0.4) is 0 Å². The summed E-state index contributed by atoms with van der Waals surface area (Å²) >= 11 is 0. The zero-order valence-corrected chi connectivity index (χ0v) is 11.1. The third kappa shape index (κ3) is 2.84. The second-order valence-corrected chi connectivity index (χ2v) is 7.69. The van der Waals surface area contributed by atoms with Crippen LogP contribution in [0.5, 0.6) is 0 Å². The van der Waals surface area contributed by atoms with E-state index in [2.05, 4.69) is 4.98 Å². The lowest BCUT2D eigenvalue weighted by atomic mass is 10.4. The average Bonchev–Trinajstić information content (AvgIpc) is 2.18. The average molecular weight is 299 g/mol. The number of aryl methyl sites for hydroxylation is 1. The Morgan fingerprint density at radius 3 is 2.17 bits per heavy atom. The second kappa shape index (κ2) is 4.79. The van der Waals surface area contributed by atoms with E-state index >= 15 is 0 Å². The first-order chi connectivity index (χ1) is 7.99. The molecule has 11 heteroatoms. The van der Waals surface area contributed by atoms with E-state index in [0.717, 1.165) is 0 Å². The van der Waals surface area contributed by atoms with Crippen LogP contribution in [0.2, 0.25) is 0 Å². The largest absolute Gasteiger partial charge is 0.370 e. The molecule has 0 spiro atoms. The van der Waals surface area contributed by atoms with Gasteiger partial charge in [0.1, 0.15) is 12.6 Å². The Hall–Kier alpha value is -0.660. The predicted octanol–water partition coefficient (Wildman–Crippen LogP) is -1.55. The van der Waals surface area contributed by atoms with E-state index in [4.69, 9.17) is 19.6 Å². The number of rotatable bonds is 4. The Balaban J connectivity index is 3.30. The van der Waals surface area contributed by atoms with E-state index in [-0.39, 0.29) is 5.82 Å². The molecule has 0 atom stereocenters. The van der Waals surface area contributed by atoms with Crippen molar-refractivity contribution in [3.8, 4) is 0 Å². The highest BCUT2D eigenvalue weighted by Crippen LogP contribution is 2.68. The number of hydrogen-bond acceptors (Lipinski definition) is 4. The van der Waals surface area contributed by atoms with Crippen molar-refractivity contribution < 1.29 is 38.4 Å². The van der Waals surface area contributed by atoms with Crippen LogP contribution in [-0.4, -0.2) is 34.7 Å². The molecule has 0 aromatic carbocycles. The molecule has 0 unspecified atom stereocenters. The van der Waals surface area contributed by atoms with E-state index in [1.807, 2.05) is 0 Å². The van der Waals surface area contributed by atoms with Crippen molar-refractivity contribution in [2.24, 2.45) is 7.05 Å². The van der Waals surface area contributed by atoms with Crippen LogP contribution >= 0.6 is 15.2 Å². The molecule has 0 aliphatic rings. The summed E-state index contributed by atoms with van der Waals surface area (Å²) in [6, 6.07) is 1.51. The Bertz CT molecular complexity index is 514. The van der Waals surface area contributed by atoms with Gasteiger partial charge in [0, 0.05) is 6.07 Å². The fourth-order valence-electron chi connectivity index (χ4n) is 1.23. The molecular weight excluding hydrogens is 286 g/mol. The molecule has 0 saturated heterocycles. The van der Waals surface area contributed by atoms with E-state index in [1.165, 1.54) is 30.1 Å². The summed E-state index contributed by atoms with van der Waals surface area (Å²) < 4.78 is 23.5. The zero-order valence-electron chi connectivity index (χ0n) is 9.28. The fourth-order valence-corrected chi connectivity index (χ4v) is 3.28. The van der Waals surface area contributed by atoms with Crippen molar-refractivity contribution in [2.75, 3.05) is 0 Å². The minimum atomic E-state index is -5.46. The van der Waals surface area contributed by atoms with Gasteiger partial charge in [-0.05, 0) is 0 Å². The zero-order chi connectivity index (χ0) is 14.2. The molecule has 1 rings (SSSR count). The van der Waals surface area contributed by atoms with Gasteiger partial charge in [-0.15, -0.1) is 0 Å². The lowest BCUT2D eigenvalue weighted by Gasteiger charge is -2.27. The maximum Gasteiger partial charge on any atom is 0.370 e. The van der Waals surface area contributed by atoms with Crippen LogP contribution in [0.15, 0.2) is 18.5 Å². The molecule has 0 radical (unpaired) electrons. The van der Waals surface area contributed by atoms with Gasteiger partial charge in [0.2, 0.25) is 0 Å². The standard InChI is InChI=1S/C7H12N2O7P2/c1-9-4-2-3-8-6(9)5-7(10,17(11,12)13)18(14,15)16/h2-4,10H,5H2,1H3,(H3-,11,12,13,14,15,16)/p+1. The molecule has 0 aliphatic heterocycles. The van der Waals surface area contributed by atoms with Gasteiger partial charge in [0.05, 0.1) is 13.2 Å². The number of hydrogen-bond donors (Lipinski definition) is 5. The number of nitrogens with zero attached hydrogens (tertiary/aromatic N) is 2. The molecule has 1 aromatic heterocycles. The van der Waals surface area contributed by atoms with Crippen LogP contribution in [0, 0.1) is 0 Å². The molecular formula is C7H13N2O7P2+. The Kier molecular flexibility index (Phi) is 4.10. The van der Waals surface area contributed by atoms with Gasteiger partial charge < -0.3 is 24.7 Å². The molecule has 1 heterocycles. The van der Waals surface area contributed by atoms with Crippen LogP contribution < -0.4 is 4.57 Å². The highest BCUT2D eigenvalue weighted by atomic mass is 31.2. The summed E-state index contributed by atoms with van der Waals surface area (Å²) in [4.78, 5) is 39.5. The minimum absolute atomic E-state index is 0.0772. The second-order valence-electron chi connectivity index (χ2n) is 3.69. The van der Waals surface area contributed by atoms with Crippen molar-refractivity contribution >= 4 is 15.2 Å². The maximum atomic E-state index is 11.1. The van der Waals surface area contributed by atoms with Gasteiger partial charge >= 0.3 is 21.0 Å². The summed E-state index contributed by atoms with van der Waals surface area (Å²) in [7, 11) is -9.45. The first-order valence-corrected chi connectivity index (χ1v) is 7.85. The highest BCUT2D eigenvalue weighted by molar-refractivity contribution is 7.72. The van der Waals surface area contributed by atoms with Crippen molar-refractivity contribution in [3.63, 3.8) is 0 Å². The van der Waals surface area contributed by atoms with Crippen molar-refractivity contribution in [1.29, 1.82) is 0 Å². The smallest absolute Gasteiger partial charge is 0.367 e. The summed E-state index contributed by atoms with van der Waals surface area (Å²) in [5.74, 6) is -0.0772. The van der Waals surface area contributed by atoms with Crippen molar-refractivity contribution in [1.82, 2.24) is 4.98 Å². The van der Waals surface area contributed by atoms with Gasteiger partial charge in [-0.25, -0.2) is 4.57 Å². The van der Waals surface area contributed by atoms with Gasteiger partial charge in [0.15, 0.2) is 0 Å². The third-order valence-electron chi connectivity index (χ3n) is 2.35. The van der Waals surface area contributed by atoms with Crippen molar-refractivity contribution in [2.45, 2.75) is 11.5 Å². The first-order valence-electron chi connectivity index (χ1n) is 4.62. The van der Waals surface area contributed by atoms with E-state index in [9.17, 15) is 14.2 Å². The first kappa shape index (κ1) is 15.4. The molecule has 0 saturated carbocycles. The SMILES string of the molecule is C[n+]1cccnc1CC(O)(P(=O)(O)O)P(=O)(O)O. The van der Waals surface area contributed by atoms with Gasteiger partial charge in [0.25, 0.3) is 5.08 Å². The molecule has 1 aromatic rings. The van der Waals surface area contributed by atoms with Gasteiger partial charge in [-0.1, -0.05) is 4.98 Å². The quantitative estimate of drug-likeness (QED) is 0.331. The molecule has 5 N–H and O–H groups in total. The summed E-state index contributed by atoms with van der Waals surface area (Å²) in [5.41, 5.74) is 0. The molecule has 0 bridgehead atoms. The molecule has 0 amide bonds. The Morgan fingerprint density at radius 2 is 1.78 bits per heavy atom. The Morgan fingerprint density at radius 1 is 1.28 bits per heavy atom. The minimum Gasteiger partial charge on any atom is -0.367 e.